The first-order chi connectivity index (χ1) is 20.8. The number of carbonyl (C=O) groups is 3. The molecule has 3 amide bonds. The van der Waals surface area contributed by atoms with Crippen molar-refractivity contribution in [2.24, 2.45) is 0 Å². The molecular weight excluding hydrogens is 568 g/mol. The van der Waals surface area contributed by atoms with Crippen LogP contribution in [-0.2, 0) is 9.53 Å². The highest BCUT2D eigenvalue weighted by atomic mass is 35.5. The third-order valence-electron chi connectivity index (χ3n) is 7.69. The van der Waals surface area contributed by atoms with E-state index in [0.717, 1.165) is 0 Å². The molecule has 0 aromatic heterocycles. The Labute approximate surface area is 256 Å². The number of nitrogens with one attached hydrogen (secondary N) is 1. The number of hydrogen-bond acceptors (Lipinski definition) is 6. The molecule has 2 heterocycles. The van der Waals surface area contributed by atoms with Crippen molar-refractivity contribution in [1.29, 1.82) is 0 Å². The number of rotatable bonds is 8. The van der Waals surface area contributed by atoms with E-state index in [2.05, 4.69) is 10.2 Å². The number of benzene rings is 3. The molecule has 10 heteroatoms. The minimum atomic E-state index is -0.738. The van der Waals surface area contributed by atoms with E-state index in [1.165, 1.54) is 4.90 Å². The van der Waals surface area contributed by atoms with Gasteiger partial charge in [0.25, 0.3) is 5.91 Å². The summed E-state index contributed by atoms with van der Waals surface area (Å²) in [5.74, 6) is 0.644. The average molecular weight is 603 g/mol. The highest BCUT2D eigenvalue weighted by Gasteiger charge is 2.38. The van der Waals surface area contributed by atoms with E-state index >= 15 is 0 Å². The van der Waals surface area contributed by atoms with Gasteiger partial charge in [0.15, 0.2) is 0 Å². The standard InChI is InChI=1S/C33H35ClN4O5/c1-4-42-32(40)29-28(21-37-17-18-38(22(2)20-37)31(39)26-15-8-9-16-27(26)34)36(3)33(41)35-30(29)23-11-10-14-25(19-23)43-24-12-6-5-7-13-24/h5-16,19,22,30H,4,17-18,20-21H2,1-3H3,(H,35,41)/t22-,30+/m1/s1. The maximum atomic E-state index is 13.5. The van der Waals surface area contributed by atoms with Crippen LogP contribution >= 0.6 is 11.6 Å². The second-order valence-corrected chi connectivity index (χ2v) is 11.0. The molecule has 0 aliphatic carbocycles. The van der Waals surface area contributed by atoms with Crippen molar-refractivity contribution in [2.45, 2.75) is 25.9 Å². The Morgan fingerprint density at radius 1 is 0.977 bits per heavy atom. The topological polar surface area (TPSA) is 91.4 Å². The van der Waals surface area contributed by atoms with Crippen LogP contribution in [-0.4, -0.2) is 78.5 Å². The molecule has 0 radical (unpaired) electrons. The van der Waals surface area contributed by atoms with E-state index in [0.29, 0.717) is 65.1 Å². The summed E-state index contributed by atoms with van der Waals surface area (Å²) >= 11 is 6.30. The lowest BCUT2D eigenvalue weighted by molar-refractivity contribution is -0.139. The van der Waals surface area contributed by atoms with Crippen molar-refractivity contribution in [3.05, 3.63) is 106 Å². The highest BCUT2D eigenvalue weighted by molar-refractivity contribution is 6.33. The number of amides is 3. The SMILES string of the molecule is CCOC(=O)C1=C(CN2CCN(C(=O)c3ccccc3Cl)[C@H](C)C2)N(C)C(=O)N[C@H]1c1cccc(Oc2ccccc2)c1. The van der Waals surface area contributed by atoms with Gasteiger partial charge in [0.1, 0.15) is 11.5 Å². The van der Waals surface area contributed by atoms with E-state index < -0.39 is 12.0 Å². The number of nitrogens with zero attached hydrogens (tertiary/aromatic N) is 3. The van der Waals surface area contributed by atoms with Crippen LogP contribution in [0, 0.1) is 0 Å². The first-order valence-corrected chi connectivity index (χ1v) is 14.7. The molecule has 43 heavy (non-hydrogen) atoms. The fourth-order valence-corrected chi connectivity index (χ4v) is 5.73. The third-order valence-corrected chi connectivity index (χ3v) is 8.02. The van der Waals surface area contributed by atoms with E-state index in [9.17, 15) is 14.4 Å². The summed E-state index contributed by atoms with van der Waals surface area (Å²) in [5, 5.41) is 3.39. The maximum absolute atomic E-state index is 13.5. The molecule has 0 bridgehead atoms. The summed E-state index contributed by atoms with van der Waals surface area (Å²) in [7, 11) is 1.65. The van der Waals surface area contributed by atoms with Crippen LogP contribution in [0.3, 0.4) is 0 Å². The van der Waals surface area contributed by atoms with Gasteiger partial charge in [-0.1, -0.05) is 54.1 Å². The molecule has 0 saturated carbocycles. The van der Waals surface area contributed by atoms with Crippen molar-refractivity contribution in [2.75, 3.05) is 39.8 Å². The highest BCUT2D eigenvalue weighted by Crippen LogP contribution is 2.34. The van der Waals surface area contributed by atoms with Crippen LogP contribution in [0.5, 0.6) is 11.5 Å². The fraction of sp³-hybridized carbons (Fsp3) is 0.303. The number of likely N-dealkylation sites (N-methyl/N-ethyl adjacent to an activating group) is 1. The Balaban J connectivity index is 1.42. The molecule has 1 fully saturated rings. The minimum Gasteiger partial charge on any atom is -0.463 e. The minimum absolute atomic E-state index is 0.115. The first-order valence-electron chi connectivity index (χ1n) is 14.3. The Hall–Kier alpha value is -4.34. The number of hydrogen-bond donors (Lipinski definition) is 1. The fourth-order valence-electron chi connectivity index (χ4n) is 5.51. The van der Waals surface area contributed by atoms with Gasteiger partial charge in [-0.3, -0.25) is 14.6 Å². The number of halogens is 1. The number of carbonyl (C=O) groups excluding carboxylic acids is 3. The Morgan fingerprint density at radius 3 is 2.42 bits per heavy atom. The average Bonchev–Trinajstić information content (AvgIpc) is 3.00. The van der Waals surface area contributed by atoms with Gasteiger partial charge in [0.2, 0.25) is 0 Å². The zero-order valence-electron chi connectivity index (χ0n) is 24.5. The number of ether oxygens (including phenoxy) is 2. The number of para-hydroxylation sites is 1. The van der Waals surface area contributed by atoms with Gasteiger partial charge in [0.05, 0.1) is 28.8 Å². The van der Waals surface area contributed by atoms with Crippen LogP contribution in [0.2, 0.25) is 5.02 Å². The van der Waals surface area contributed by atoms with Crippen LogP contribution in [0.15, 0.2) is 90.1 Å². The summed E-state index contributed by atoms with van der Waals surface area (Å²) in [6, 6.07) is 22.6. The third kappa shape index (κ3) is 6.68. The smallest absolute Gasteiger partial charge is 0.338 e. The lowest BCUT2D eigenvalue weighted by Gasteiger charge is -2.42. The predicted octanol–water partition coefficient (Wildman–Crippen LogP) is 5.49. The molecule has 2 aliphatic rings. The zero-order valence-corrected chi connectivity index (χ0v) is 25.2. The second kappa shape index (κ2) is 13.3. The van der Waals surface area contributed by atoms with Crippen LogP contribution in [0.4, 0.5) is 4.79 Å². The number of piperazine rings is 1. The molecule has 1 saturated heterocycles. The Morgan fingerprint density at radius 2 is 1.70 bits per heavy atom. The van der Waals surface area contributed by atoms with Gasteiger partial charge >= 0.3 is 12.0 Å². The van der Waals surface area contributed by atoms with Crippen molar-refractivity contribution < 1.29 is 23.9 Å². The molecule has 9 nitrogen and oxygen atoms in total. The monoisotopic (exact) mass is 602 g/mol. The molecule has 3 aromatic rings. The molecule has 2 atom stereocenters. The van der Waals surface area contributed by atoms with E-state index in [1.807, 2.05) is 66.4 Å². The lowest BCUT2D eigenvalue weighted by atomic mass is 9.94. The van der Waals surface area contributed by atoms with Gasteiger partial charge in [-0.2, -0.15) is 0 Å². The summed E-state index contributed by atoms with van der Waals surface area (Å²) in [4.78, 5) is 45.4. The predicted molar refractivity (Wildman–Crippen MR) is 164 cm³/mol. The zero-order chi connectivity index (χ0) is 30.5. The normalized spacial score (nSPS) is 19.2. The first kappa shape index (κ1) is 30.1. The van der Waals surface area contributed by atoms with Crippen LogP contribution < -0.4 is 10.1 Å². The number of esters is 1. The summed E-state index contributed by atoms with van der Waals surface area (Å²) in [6.45, 7) is 5.84. The van der Waals surface area contributed by atoms with Gasteiger partial charge in [-0.25, -0.2) is 9.59 Å². The molecule has 5 rings (SSSR count). The molecule has 2 aliphatic heterocycles. The van der Waals surface area contributed by atoms with Crippen LogP contribution in [0.25, 0.3) is 0 Å². The Bertz CT molecular complexity index is 1530. The van der Waals surface area contributed by atoms with Crippen molar-refractivity contribution in [1.82, 2.24) is 20.0 Å². The molecule has 0 spiro atoms. The largest absolute Gasteiger partial charge is 0.463 e. The number of urea groups is 1. The Kier molecular flexibility index (Phi) is 9.33. The van der Waals surface area contributed by atoms with Gasteiger partial charge in [0, 0.05) is 45.0 Å². The molecule has 0 unspecified atom stereocenters. The molecule has 1 N–H and O–H groups in total. The maximum Gasteiger partial charge on any atom is 0.338 e. The van der Waals surface area contributed by atoms with Gasteiger partial charge < -0.3 is 19.7 Å². The van der Waals surface area contributed by atoms with Crippen LogP contribution in [0.1, 0.15) is 35.8 Å². The van der Waals surface area contributed by atoms with E-state index in [1.54, 1.807) is 38.2 Å². The summed E-state index contributed by atoms with van der Waals surface area (Å²) in [6.07, 6.45) is 0. The lowest BCUT2D eigenvalue weighted by Crippen LogP contribution is -2.56. The van der Waals surface area contributed by atoms with E-state index in [-0.39, 0.29) is 24.6 Å². The summed E-state index contributed by atoms with van der Waals surface area (Å²) < 4.78 is 11.5. The molecule has 3 aromatic carbocycles. The quantitative estimate of drug-likeness (QED) is 0.343. The van der Waals surface area contributed by atoms with Crippen molar-refractivity contribution >= 4 is 29.5 Å². The van der Waals surface area contributed by atoms with Gasteiger partial charge in [-0.05, 0) is 55.8 Å². The van der Waals surface area contributed by atoms with Gasteiger partial charge in [-0.15, -0.1) is 0 Å². The summed E-state index contributed by atoms with van der Waals surface area (Å²) in [5.41, 5.74) is 2.09. The van der Waals surface area contributed by atoms with Crippen molar-refractivity contribution in [3.8, 4) is 11.5 Å². The van der Waals surface area contributed by atoms with E-state index in [4.69, 9.17) is 21.1 Å². The molecule has 224 valence electrons. The molecular formula is C33H35ClN4O5. The van der Waals surface area contributed by atoms with Crippen molar-refractivity contribution in [3.63, 3.8) is 0 Å². The second-order valence-electron chi connectivity index (χ2n) is 10.6.